The summed E-state index contributed by atoms with van der Waals surface area (Å²) in [7, 11) is 1.70. The van der Waals surface area contributed by atoms with Crippen LogP contribution in [-0.2, 0) is 6.54 Å². The molecule has 1 atom stereocenters. The Labute approximate surface area is 196 Å². The molecule has 32 heavy (non-hydrogen) atoms. The van der Waals surface area contributed by atoms with Crippen molar-refractivity contribution < 1.29 is 14.6 Å². The highest BCUT2D eigenvalue weighted by Crippen LogP contribution is 2.35. The van der Waals surface area contributed by atoms with Crippen LogP contribution in [0, 0.1) is 11.3 Å². The van der Waals surface area contributed by atoms with Crippen LogP contribution in [0.1, 0.15) is 52.0 Å². The summed E-state index contributed by atoms with van der Waals surface area (Å²) in [5.74, 6) is 1.24. The molecule has 0 aromatic heterocycles. The normalized spacial score (nSPS) is 19.9. The summed E-state index contributed by atoms with van der Waals surface area (Å²) in [6, 6.07) is 14.5. The first-order valence-corrected chi connectivity index (χ1v) is 11.7. The maximum absolute atomic E-state index is 11.3. The highest BCUT2D eigenvalue weighted by molar-refractivity contribution is 6.30. The highest BCUT2D eigenvalue weighted by atomic mass is 35.5. The van der Waals surface area contributed by atoms with Gasteiger partial charge in [0.25, 0.3) is 0 Å². The van der Waals surface area contributed by atoms with Gasteiger partial charge in [-0.2, -0.15) is 0 Å². The van der Waals surface area contributed by atoms with Crippen LogP contribution >= 0.6 is 11.6 Å². The van der Waals surface area contributed by atoms with Crippen LogP contribution in [0.25, 0.3) is 11.1 Å². The predicted octanol–water partition coefficient (Wildman–Crippen LogP) is 6.35. The van der Waals surface area contributed by atoms with Crippen LogP contribution in [0.5, 0.6) is 5.75 Å². The lowest BCUT2D eigenvalue weighted by Gasteiger charge is -2.40. The monoisotopic (exact) mass is 458 g/mol. The molecule has 3 N–H and O–H groups in total. The molecule has 5 nitrogen and oxygen atoms in total. The molecule has 2 aromatic carbocycles. The smallest absolute Gasteiger partial charge is 0.404 e. The molecule has 174 valence electrons. The Morgan fingerprint density at radius 2 is 1.72 bits per heavy atom. The van der Waals surface area contributed by atoms with Crippen molar-refractivity contribution in [1.82, 2.24) is 10.6 Å². The van der Waals surface area contributed by atoms with E-state index in [1.165, 1.54) is 0 Å². The summed E-state index contributed by atoms with van der Waals surface area (Å²) in [6.45, 7) is 7.06. The summed E-state index contributed by atoms with van der Waals surface area (Å²) in [5, 5.41) is 16.5. The summed E-state index contributed by atoms with van der Waals surface area (Å²) in [6.07, 6.45) is 3.18. The highest BCUT2D eigenvalue weighted by Gasteiger charge is 2.35. The van der Waals surface area contributed by atoms with E-state index < -0.39 is 6.09 Å². The number of halogens is 1. The van der Waals surface area contributed by atoms with E-state index in [4.69, 9.17) is 16.3 Å². The van der Waals surface area contributed by atoms with Gasteiger partial charge in [-0.3, -0.25) is 0 Å². The third-order valence-electron chi connectivity index (χ3n) is 6.49. The molecule has 3 rings (SSSR count). The van der Waals surface area contributed by atoms with E-state index in [-0.39, 0.29) is 11.5 Å². The van der Waals surface area contributed by atoms with Gasteiger partial charge in [-0.25, -0.2) is 4.79 Å². The number of ether oxygens (including phenoxy) is 1. The second-order valence-corrected chi connectivity index (χ2v) is 10.3. The molecule has 0 bridgehead atoms. The molecule has 6 heteroatoms. The molecule has 1 amide bonds. The van der Waals surface area contributed by atoms with Crippen LogP contribution in [0.2, 0.25) is 5.02 Å². The molecule has 0 heterocycles. The van der Waals surface area contributed by atoms with Gasteiger partial charge >= 0.3 is 6.09 Å². The number of amides is 1. The van der Waals surface area contributed by atoms with Gasteiger partial charge in [0.1, 0.15) is 5.75 Å². The third-order valence-corrected chi connectivity index (χ3v) is 6.75. The van der Waals surface area contributed by atoms with E-state index in [1.807, 2.05) is 30.3 Å². The van der Waals surface area contributed by atoms with Crippen molar-refractivity contribution in [2.24, 2.45) is 11.3 Å². The van der Waals surface area contributed by atoms with Gasteiger partial charge < -0.3 is 20.5 Å². The summed E-state index contributed by atoms with van der Waals surface area (Å²) < 4.78 is 5.59. The maximum Gasteiger partial charge on any atom is 0.404 e. The van der Waals surface area contributed by atoms with Crippen molar-refractivity contribution in [1.29, 1.82) is 0 Å². The number of carboxylic acid groups (broad SMARTS) is 1. The van der Waals surface area contributed by atoms with Gasteiger partial charge in [-0.1, -0.05) is 50.6 Å². The first-order chi connectivity index (χ1) is 15.2. The lowest BCUT2D eigenvalue weighted by atomic mass is 9.72. The van der Waals surface area contributed by atoms with Crippen LogP contribution < -0.4 is 15.4 Å². The molecule has 1 fully saturated rings. The average molecular weight is 459 g/mol. The number of methoxy groups -OCH3 is 1. The van der Waals surface area contributed by atoms with Gasteiger partial charge in [-0.15, -0.1) is 0 Å². The fraction of sp³-hybridized carbons (Fsp3) is 0.500. The van der Waals surface area contributed by atoms with Crippen molar-refractivity contribution in [3.05, 3.63) is 53.1 Å². The molecule has 0 spiro atoms. The number of nitrogens with one attached hydrogen (secondary N) is 2. The van der Waals surface area contributed by atoms with E-state index in [9.17, 15) is 9.90 Å². The molecule has 2 aromatic rings. The minimum Gasteiger partial charge on any atom is -0.496 e. The number of benzene rings is 2. The Kier molecular flexibility index (Phi) is 8.07. The SMILES string of the molecule is COc1ccc(-c2ccc(Cl)cc2)cc1CNC1CCC(C(NC(=O)O)C(C)(C)C)CC1. The lowest BCUT2D eigenvalue weighted by molar-refractivity contribution is 0.129. The van der Waals surface area contributed by atoms with Gasteiger partial charge in [0.2, 0.25) is 0 Å². The van der Waals surface area contributed by atoms with Crippen molar-refractivity contribution in [3.63, 3.8) is 0 Å². The zero-order chi connectivity index (χ0) is 23.3. The average Bonchev–Trinajstić information content (AvgIpc) is 2.76. The molecule has 1 unspecified atom stereocenters. The largest absolute Gasteiger partial charge is 0.496 e. The minimum atomic E-state index is -0.933. The Hall–Kier alpha value is -2.24. The molecule has 1 saturated carbocycles. The molecule has 0 aliphatic heterocycles. The summed E-state index contributed by atoms with van der Waals surface area (Å²) in [5.41, 5.74) is 3.29. The van der Waals surface area contributed by atoms with Crippen LogP contribution in [0.15, 0.2) is 42.5 Å². The van der Waals surface area contributed by atoms with Crippen molar-refractivity contribution in [2.75, 3.05) is 7.11 Å². The van der Waals surface area contributed by atoms with Crippen molar-refractivity contribution in [3.8, 4) is 16.9 Å². The molecule has 0 radical (unpaired) electrons. The van der Waals surface area contributed by atoms with E-state index in [2.05, 4.69) is 43.5 Å². The lowest BCUT2D eigenvalue weighted by Crippen LogP contribution is -2.50. The van der Waals surface area contributed by atoms with Gasteiger partial charge in [0.15, 0.2) is 0 Å². The minimum absolute atomic E-state index is 0.0305. The van der Waals surface area contributed by atoms with Gasteiger partial charge in [0.05, 0.1) is 7.11 Å². The fourth-order valence-corrected chi connectivity index (χ4v) is 4.95. The van der Waals surface area contributed by atoms with Gasteiger partial charge in [-0.05, 0) is 72.4 Å². The number of rotatable bonds is 7. The molecular formula is C26H35ClN2O3. The summed E-state index contributed by atoms with van der Waals surface area (Å²) in [4.78, 5) is 11.3. The van der Waals surface area contributed by atoms with E-state index >= 15 is 0 Å². The standard InChI is InChI=1S/C26H35ClN2O3/c1-26(2,3)24(29-25(30)31)18-7-12-22(13-8-18)28-16-20-15-19(9-14-23(20)32-4)17-5-10-21(27)11-6-17/h5-6,9-11,14-15,18,22,24,28-29H,7-8,12-13,16H2,1-4H3,(H,30,31). The topological polar surface area (TPSA) is 70.6 Å². The van der Waals surface area contributed by atoms with Crippen LogP contribution in [0.4, 0.5) is 4.79 Å². The van der Waals surface area contributed by atoms with Crippen molar-refractivity contribution in [2.45, 2.75) is 65.1 Å². The predicted molar refractivity (Wildman–Crippen MR) is 130 cm³/mol. The molecule has 1 aliphatic carbocycles. The molecule has 0 saturated heterocycles. The fourth-order valence-electron chi connectivity index (χ4n) is 4.82. The Balaban J connectivity index is 1.62. The zero-order valence-electron chi connectivity index (χ0n) is 19.5. The first kappa shape index (κ1) is 24.4. The van der Waals surface area contributed by atoms with Crippen molar-refractivity contribution >= 4 is 17.7 Å². The second kappa shape index (κ2) is 10.6. The quantitative estimate of drug-likeness (QED) is 0.452. The summed E-state index contributed by atoms with van der Waals surface area (Å²) >= 11 is 6.03. The van der Waals surface area contributed by atoms with E-state index in [0.29, 0.717) is 12.0 Å². The maximum atomic E-state index is 11.3. The number of carbonyl (C=O) groups is 1. The van der Waals surface area contributed by atoms with E-state index in [0.717, 1.165) is 59.7 Å². The Morgan fingerprint density at radius 1 is 1.09 bits per heavy atom. The molecule has 1 aliphatic rings. The first-order valence-electron chi connectivity index (χ1n) is 11.3. The second-order valence-electron chi connectivity index (χ2n) is 9.82. The number of hydrogen-bond acceptors (Lipinski definition) is 3. The van der Waals surface area contributed by atoms with Crippen LogP contribution in [0.3, 0.4) is 0 Å². The Morgan fingerprint density at radius 3 is 2.28 bits per heavy atom. The number of hydrogen-bond donors (Lipinski definition) is 3. The zero-order valence-corrected chi connectivity index (χ0v) is 20.2. The van der Waals surface area contributed by atoms with E-state index in [1.54, 1.807) is 7.11 Å². The third kappa shape index (κ3) is 6.39. The molecular weight excluding hydrogens is 424 g/mol. The van der Waals surface area contributed by atoms with Crippen LogP contribution in [-0.4, -0.2) is 30.4 Å². The van der Waals surface area contributed by atoms with Gasteiger partial charge in [0, 0.05) is 29.2 Å². The Bertz CT molecular complexity index is 900.